The maximum atomic E-state index is 13.4. The maximum Gasteiger partial charge on any atom is 0.200 e. The summed E-state index contributed by atoms with van der Waals surface area (Å²) < 4.78 is 65.7. The zero-order valence-corrected chi connectivity index (χ0v) is 9.07. The minimum Gasteiger partial charge on any atom is -0.359 e. The number of piperidine rings is 1. The molecule has 7 heteroatoms. The molecule has 0 spiro atoms. The van der Waals surface area contributed by atoms with Gasteiger partial charge in [-0.1, -0.05) is 0 Å². The standard InChI is InChI=1S/C11H8F5NO/c12-6-7(13)9(15)11(10(16)8(6)14)17-3-1-2-5(18)4-17/h1-4H2. The summed E-state index contributed by atoms with van der Waals surface area (Å²) in [5.41, 5.74) is -1.03. The van der Waals surface area contributed by atoms with Gasteiger partial charge in [-0.2, -0.15) is 0 Å². The molecule has 0 radical (unpaired) electrons. The van der Waals surface area contributed by atoms with Crippen molar-refractivity contribution in [1.29, 1.82) is 0 Å². The van der Waals surface area contributed by atoms with Crippen molar-refractivity contribution < 1.29 is 26.7 Å². The van der Waals surface area contributed by atoms with E-state index in [1.807, 2.05) is 0 Å². The van der Waals surface area contributed by atoms with Crippen LogP contribution in [0.5, 0.6) is 0 Å². The predicted octanol–water partition coefficient (Wildman–Crippen LogP) is 2.55. The van der Waals surface area contributed by atoms with Crippen LogP contribution in [0.4, 0.5) is 27.6 Å². The summed E-state index contributed by atoms with van der Waals surface area (Å²) in [6.45, 7) is -0.275. The first kappa shape index (κ1) is 12.8. The van der Waals surface area contributed by atoms with E-state index in [1.54, 1.807) is 0 Å². The van der Waals surface area contributed by atoms with Gasteiger partial charge >= 0.3 is 0 Å². The van der Waals surface area contributed by atoms with Gasteiger partial charge in [0.1, 0.15) is 5.69 Å². The monoisotopic (exact) mass is 265 g/mol. The predicted molar refractivity (Wildman–Crippen MR) is 52.7 cm³/mol. The zero-order valence-electron chi connectivity index (χ0n) is 9.07. The highest BCUT2D eigenvalue weighted by Gasteiger charge is 2.30. The highest BCUT2D eigenvalue weighted by Crippen LogP contribution is 2.31. The number of carbonyl (C=O) groups excluding carboxylic acids is 1. The molecular weight excluding hydrogens is 257 g/mol. The first-order chi connectivity index (χ1) is 8.43. The number of carbonyl (C=O) groups is 1. The number of Topliss-reactive ketones (excluding diaryl/α,β-unsaturated/α-hetero) is 1. The van der Waals surface area contributed by atoms with Crippen molar-refractivity contribution >= 4 is 11.5 Å². The molecule has 0 unspecified atom stereocenters. The van der Waals surface area contributed by atoms with E-state index in [1.165, 1.54) is 0 Å². The third-order valence-corrected chi connectivity index (χ3v) is 2.75. The van der Waals surface area contributed by atoms with Crippen LogP contribution in [0.3, 0.4) is 0 Å². The van der Waals surface area contributed by atoms with Crippen molar-refractivity contribution in [1.82, 2.24) is 0 Å². The second-order valence-electron chi connectivity index (χ2n) is 3.98. The summed E-state index contributed by atoms with van der Waals surface area (Å²) in [7, 11) is 0. The number of nitrogens with zero attached hydrogens (tertiary/aromatic N) is 1. The number of hydrogen-bond donors (Lipinski definition) is 0. The average molecular weight is 265 g/mol. The summed E-state index contributed by atoms with van der Waals surface area (Å²) in [4.78, 5) is 12.0. The SMILES string of the molecule is O=C1CCCN(c2c(F)c(F)c(F)c(F)c2F)C1. The molecule has 0 aromatic heterocycles. The molecule has 1 aliphatic rings. The fourth-order valence-corrected chi connectivity index (χ4v) is 1.90. The van der Waals surface area contributed by atoms with Gasteiger partial charge in [0.2, 0.25) is 5.82 Å². The summed E-state index contributed by atoms with van der Waals surface area (Å²) in [6, 6.07) is 0. The zero-order chi connectivity index (χ0) is 13.4. The fourth-order valence-electron chi connectivity index (χ4n) is 1.90. The van der Waals surface area contributed by atoms with Crippen molar-refractivity contribution in [2.24, 2.45) is 0 Å². The Morgan fingerprint density at radius 2 is 1.33 bits per heavy atom. The Balaban J connectivity index is 2.53. The molecule has 0 amide bonds. The molecule has 1 fully saturated rings. The van der Waals surface area contributed by atoms with Gasteiger partial charge in [-0.05, 0) is 6.42 Å². The Morgan fingerprint density at radius 3 is 1.83 bits per heavy atom. The number of benzene rings is 1. The smallest absolute Gasteiger partial charge is 0.200 e. The van der Waals surface area contributed by atoms with Crippen LogP contribution in [0.1, 0.15) is 12.8 Å². The van der Waals surface area contributed by atoms with Crippen LogP contribution in [-0.4, -0.2) is 18.9 Å². The van der Waals surface area contributed by atoms with Crippen molar-refractivity contribution in [3.63, 3.8) is 0 Å². The molecule has 1 aliphatic heterocycles. The van der Waals surface area contributed by atoms with Gasteiger partial charge in [0.05, 0.1) is 6.54 Å². The molecule has 0 atom stereocenters. The third-order valence-electron chi connectivity index (χ3n) is 2.75. The lowest BCUT2D eigenvalue weighted by Gasteiger charge is -2.28. The van der Waals surface area contributed by atoms with Crippen LogP contribution >= 0.6 is 0 Å². The summed E-state index contributed by atoms with van der Waals surface area (Å²) in [5, 5.41) is 0. The van der Waals surface area contributed by atoms with Crippen molar-refractivity contribution in [2.45, 2.75) is 12.8 Å². The average Bonchev–Trinajstić information content (AvgIpc) is 2.34. The molecule has 98 valence electrons. The molecule has 1 heterocycles. The van der Waals surface area contributed by atoms with Gasteiger partial charge in [-0.15, -0.1) is 0 Å². The highest BCUT2D eigenvalue weighted by atomic mass is 19.2. The number of hydrogen-bond acceptors (Lipinski definition) is 2. The Kier molecular flexibility index (Phi) is 3.23. The van der Waals surface area contributed by atoms with Crippen LogP contribution < -0.4 is 4.90 Å². The van der Waals surface area contributed by atoms with Crippen molar-refractivity contribution in [3.05, 3.63) is 29.1 Å². The van der Waals surface area contributed by atoms with Crippen molar-refractivity contribution in [3.8, 4) is 0 Å². The summed E-state index contributed by atoms with van der Waals surface area (Å²) in [6.07, 6.45) is 0.560. The Hall–Kier alpha value is -1.66. The van der Waals surface area contributed by atoms with Crippen LogP contribution in [-0.2, 0) is 4.79 Å². The summed E-state index contributed by atoms with van der Waals surface area (Å²) >= 11 is 0. The molecule has 1 saturated heterocycles. The maximum absolute atomic E-state index is 13.4. The lowest BCUT2D eigenvalue weighted by Crippen LogP contribution is -2.37. The molecule has 18 heavy (non-hydrogen) atoms. The van der Waals surface area contributed by atoms with E-state index in [9.17, 15) is 26.7 Å². The minimum atomic E-state index is -2.20. The van der Waals surface area contributed by atoms with E-state index in [4.69, 9.17) is 0 Å². The lowest BCUT2D eigenvalue weighted by molar-refractivity contribution is -0.118. The largest absolute Gasteiger partial charge is 0.359 e. The Labute approximate surface area is 99.0 Å². The second-order valence-corrected chi connectivity index (χ2v) is 3.98. The molecule has 0 N–H and O–H groups in total. The van der Waals surface area contributed by atoms with Crippen molar-refractivity contribution in [2.75, 3.05) is 18.0 Å². The number of anilines is 1. The van der Waals surface area contributed by atoms with Crippen LogP contribution in [0.2, 0.25) is 0 Å². The van der Waals surface area contributed by atoms with E-state index < -0.39 is 34.8 Å². The molecule has 0 saturated carbocycles. The molecule has 2 nitrogen and oxygen atoms in total. The minimum absolute atomic E-state index is 0.0735. The van der Waals surface area contributed by atoms with Gasteiger partial charge in [-0.25, -0.2) is 22.0 Å². The summed E-state index contributed by atoms with van der Waals surface area (Å²) in [5.74, 6) is -10.3. The number of ketones is 1. The van der Waals surface area contributed by atoms with E-state index >= 15 is 0 Å². The first-order valence-electron chi connectivity index (χ1n) is 5.21. The Morgan fingerprint density at radius 1 is 0.833 bits per heavy atom. The van der Waals surface area contributed by atoms with E-state index in [0.29, 0.717) is 6.42 Å². The number of rotatable bonds is 1. The van der Waals surface area contributed by atoms with Crippen LogP contribution in [0, 0.1) is 29.1 Å². The molecule has 2 rings (SSSR count). The molecule has 0 bridgehead atoms. The normalized spacial score (nSPS) is 16.3. The second kappa shape index (κ2) is 4.55. The third kappa shape index (κ3) is 1.93. The van der Waals surface area contributed by atoms with Gasteiger partial charge < -0.3 is 4.90 Å². The first-order valence-corrected chi connectivity index (χ1v) is 5.21. The van der Waals surface area contributed by atoms with E-state index in [0.717, 1.165) is 4.90 Å². The Bertz CT molecular complexity index is 488. The van der Waals surface area contributed by atoms with Crippen LogP contribution in [0.15, 0.2) is 0 Å². The van der Waals surface area contributed by atoms with Crippen LogP contribution in [0.25, 0.3) is 0 Å². The highest BCUT2D eigenvalue weighted by molar-refractivity contribution is 5.84. The molecular formula is C11H8F5NO. The number of halogens is 5. The van der Waals surface area contributed by atoms with E-state index in [2.05, 4.69) is 0 Å². The molecule has 1 aromatic rings. The van der Waals surface area contributed by atoms with Gasteiger partial charge in [0.25, 0.3) is 0 Å². The molecule has 1 aromatic carbocycles. The lowest BCUT2D eigenvalue weighted by atomic mass is 10.1. The van der Waals surface area contributed by atoms with Gasteiger partial charge in [0.15, 0.2) is 29.1 Å². The van der Waals surface area contributed by atoms with Gasteiger partial charge in [0, 0.05) is 13.0 Å². The quantitative estimate of drug-likeness (QED) is 0.442. The topological polar surface area (TPSA) is 20.3 Å². The van der Waals surface area contributed by atoms with E-state index in [-0.39, 0.29) is 25.3 Å². The fraction of sp³-hybridized carbons (Fsp3) is 0.364. The molecule has 0 aliphatic carbocycles. The van der Waals surface area contributed by atoms with Gasteiger partial charge in [-0.3, -0.25) is 4.79 Å².